The SMILES string of the molecule is CCc1nn(C)c(CN(C)CC2CCCCO2)c1Br. The lowest BCUT2D eigenvalue weighted by Gasteiger charge is -2.27. The van der Waals surface area contributed by atoms with Crippen molar-refractivity contribution in [2.45, 2.75) is 45.3 Å². The van der Waals surface area contributed by atoms with E-state index in [0.717, 1.165) is 36.3 Å². The quantitative estimate of drug-likeness (QED) is 0.832. The minimum atomic E-state index is 0.399. The highest BCUT2D eigenvalue weighted by Gasteiger charge is 2.18. The topological polar surface area (TPSA) is 30.3 Å². The molecule has 1 aliphatic heterocycles. The zero-order valence-electron chi connectivity index (χ0n) is 12.2. The fourth-order valence-electron chi connectivity index (χ4n) is 2.61. The molecule has 0 aromatic carbocycles. The molecule has 0 radical (unpaired) electrons. The Bertz CT molecular complexity index is 413. The molecule has 0 amide bonds. The number of likely N-dealkylation sites (N-methyl/N-ethyl adjacent to an activating group) is 1. The summed E-state index contributed by atoms with van der Waals surface area (Å²) >= 11 is 3.67. The van der Waals surface area contributed by atoms with Crippen LogP contribution < -0.4 is 0 Å². The van der Waals surface area contributed by atoms with Crippen LogP contribution in [0.4, 0.5) is 0 Å². The van der Waals surface area contributed by atoms with Crippen LogP contribution in [-0.2, 0) is 24.8 Å². The number of halogens is 1. The molecule has 0 N–H and O–H groups in total. The number of rotatable bonds is 5. The molecule has 0 saturated carbocycles. The second kappa shape index (κ2) is 6.86. The standard InChI is InChI=1S/C14H24BrN3O/c1-4-12-14(15)13(18(3)16-12)10-17(2)9-11-7-5-6-8-19-11/h11H,4-10H2,1-3H3. The number of hydrogen-bond acceptors (Lipinski definition) is 3. The van der Waals surface area contributed by atoms with E-state index in [4.69, 9.17) is 4.74 Å². The van der Waals surface area contributed by atoms with Gasteiger partial charge in [-0.15, -0.1) is 0 Å². The van der Waals surface area contributed by atoms with E-state index in [0.29, 0.717) is 6.10 Å². The third-order valence-electron chi connectivity index (χ3n) is 3.71. The van der Waals surface area contributed by atoms with Gasteiger partial charge in [0.15, 0.2) is 0 Å². The Balaban J connectivity index is 1.94. The normalized spacial score (nSPS) is 20.2. The Morgan fingerprint density at radius 1 is 1.47 bits per heavy atom. The van der Waals surface area contributed by atoms with Gasteiger partial charge in [0.2, 0.25) is 0 Å². The van der Waals surface area contributed by atoms with Gasteiger partial charge in [0.1, 0.15) is 0 Å². The molecule has 4 nitrogen and oxygen atoms in total. The number of nitrogens with zero attached hydrogens (tertiary/aromatic N) is 3. The molecule has 2 rings (SSSR count). The average Bonchev–Trinajstić information content (AvgIpc) is 2.67. The minimum absolute atomic E-state index is 0.399. The van der Waals surface area contributed by atoms with Crippen molar-refractivity contribution in [3.63, 3.8) is 0 Å². The van der Waals surface area contributed by atoms with Crippen LogP contribution in [0, 0.1) is 0 Å². The highest BCUT2D eigenvalue weighted by atomic mass is 79.9. The summed E-state index contributed by atoms with van der Waals surface area (Å²) in [7, 11) is 4.17. The predicted molar refractivity (Wildman–Crippen MR) is 80.2 cm³/mol. The van der Waals surface area contributed by atoms with E-state index < -0.39 is 0 Å². The Morgan fingerprint density at radius 3 is 2.84 bits per heavy atom. The molecule has 1 aromatic rings. The minimum Gasteiger partial charge on any atom is -0.377 e. The van der Waals surface area contributed by atoms with Gasteiger partial charge in [-0.25, -0.2) is 0 Å². The first-order valence-corrected chi connectivity index (χ1v) is 7.91. The van der Waals surface area contributed by atoms with Crippen molar-refractivity contribution in [3.8, 4) is 0 Å². The van der Waals surface area contributed by atoms with Crippen molar-refractivity contribution in [1.29, 1.82) is 0 Å². The van der Waals surface area contributed by atoms with Crippen molar-refractivity contribution in [2.24, 2.45) is 7.05 Å². The van der Waals surface area contributed by atoms with Gasteiger partial charge < -0.3 is 4.74 Å². The van der Waals surface area contributed by atoms with E-state index in [9.17, 15) is 0 Å². The van der Waals surface area contributed by atoms with Crippen LogP contribution in [0.15, 0.2) is 4.47 Å². The van der Waals surface area contributed by atoms with Crippen molar-refractivity contribution >= 4 is 15.9 Å². The highest BCUT2D eigenvalue weighted by Crippen LogP contribution is 2.23. The molecule has 1 saturated heterocycles. The lowest BCUT2D eigenvalue weighted by atomic mass is 10.1. The molecule has 19 heavy (non-hydrogen) atoms. The zero-order chi connectivity index (χ0) is 13.8. The van der Waals surface area contributed by atoms with E-state index in [1.54, 1.807) is 0 Å². The Labute approximate surface area is 124 Å². The summed E-state index contributed by atoms with van der Waals surface area (Å²) in [5.41, 5.74) is 2.38. The first-order valence-electron chi connectivity index (χ1n) is 7.12. The van der Waals surface area contributed by atoms with E-state index in [1.807, 2.05) is 11.7 Å². The van der Waals surface area contributed by atoms with Crippen LogP contribution in [-0.4, -0.2) is 41.0 Å². The van der Waals surface area contributed by atoms with E-state index in [-0.39, 0.29) is 0 Å². The van der Waals surface area contributed by atoms with Crippen LogP contribution in [0.2, 0.25) is 0 Å². The summed E-state index contributed by atoms with van der Waals surface area (Å²) in [6.45, 7) is 4.97. The molecule has 1 fully saturated rings. The largest absolute Gasteiger partial charge is 0.377 e. The highest BCUT2D eigenvalue weighted by molar-refractivity contribution is 9.10. The van der Waals surface area contributed by atoms with E-state index >= 15 is 0 Å². The van der Waals surface area contributed by atoms with Crippen LogP contribution in [0.5, 0.6) is 0 Å². The van der Waals surface area contributed by atoms with Gasteiger partial charge >= 0.3 is 0 Å². The summed E-state index contributed by atoms with van der Waals surface area (Å²) in [6.07, 6.45) is 5.07. The molecule has 2 heterocycles. The van der Waals surface area contributed by atoms with Crippen LogP contribution in [0.25, 0.3) is 0 Å². The van der Waals surface area contributed by atoms with Crippen molar-refractivity contribution in [1.82, 2.24) is 14.7 Å². The van der Waals surface area contributed by atoms with Gasteiger partial charge in [0, 0.05) is 26.7 Å². The molecular weight excluding hydrogens is 306 g/mol. The first-order chi connectivity index (χ1) is 9.11. The number of hydrogen-bond donors (Lipinski definition) is 0. The monoisotopic (exact) mass is 329 g/mol. The Hall–Kier alpha value is -0.390. The third kappa shape index (κ3) is 3.80. The average molecular weight is 330 g/mol. The Kier molecular flexibility index (Phi) is 5.42. The van der Waals surface area contributed by atoms with Gasteiger partial charge in [0.25, 0.3) is 0 Å². The maximum absolute atomic E-state index is 5.80. The second-order valence-electron chi connectivity index (χ2n) is 5.37. The van der Waals surface area contributed by atoms with Gasteiger partial charge in [-0.3, -0.25) is 9.58 Å². The third-order valence-corrected chi connectivity index (χ3v) is 4.63. The molecule has 108 valence electrons. The van der Waals surface area contributed by atoms with Gasteiger partial charge in [-0.05, 0) is 48.7 Å². The first kappa shape index (κ1) is 15.0. The molecule has 0 spiro atoms. The summed E-state index contributed by atoms with van der Waals surface area (Å²) in [4.78, 5) is 2.33. The molecule has 1 atom stereocenters. The number of ether oxygens (including phenoxy) is 1. The summed E-state index contributed by atoms with van der Waals surface area (Å²) in [5, 5.41) is 4.54. The Morgan fingerprint density at radius 2 is 2.26 bits per heavy atom. The maximum Gasteiger partial charge on any atom is 0.0767 e. The van der Waals surface area contributed by atoms with Crippen LogP contribution in [0.1, 0.15) is 37.6 Å². The van der Waals surface area contributed by atoms with Gasteiger partial charge in [0.05, 0.1) is 22.0 Å². The molecule has 1 unspecified atom stereocenters. The van der Waals surface area contributed by atoms with E-state index in [2.05, 4.69) is 39.9 Å². The molecular formula is C14H24BrN3O. The van der Waals surface area contributed by atoms with Crippen molar-refractivity contribution < 1.29 is 4.74 Å². The van der Waals surface area contributed by atoms with Crippen LogP contribution >= 0.6 is 15.9 Å². The summed E-state index contributed by atoms with van der Waals surface area (Å²) < 4.78 is 8.95. The van der Waals surface area contributed by atoms with E-state index in [1.165, 1.54) is 25.0 Å². The van der Waals surface area contributed by atoms with Gasteiger partial charge in [-0.2, -0.15) is 5.10 Å². The number of aryl methyl sites for hydroxylation is 2. The lowest BCUT2D eigenvalue weighted by Crippen LogP contribution is -2.33. The maximum atomic E-state index is 5.80. The molecule has 0 aliphatic carbocycles. The van der Waals surface area contributed by atoms with Gasteiger partial charge in [-0.1, -0.05) is 6.92 Å². The smallest absolute Gasteiger partial charge is 0.0767 e. The van der Waals surface area contributed by atoms with Crippen LogP contribution in [0.3, 0.4) is 0 Å². The summed E-state index contributed by atoms with van der Waals surface area (Å²) in [5.74, 6) is 0. The fraction of sp³-hybridized carbons (Fsp3) is 0.786. The second-order valence-corrected chi connectivity index (χ2v) is 6.16. The van der Waals surface area contributed by atoms with Crippen molar-refractivity contribution in [3.05, 3.63) is 15.9 Å². The number of aromatic nitrogens is 2. The fourth-order valence-corrected chi connectivity index (χ4v) is 3.35. The molecule has 5 heteroatoms. The van der Waals surface area contributed by atoms with Crippen molar-refractivity contribution in [2.75, 3.05) is 20.2 Å². The molecule has 0 bridgehead atoms. The molecule has 1 aliphatic rings. The zero-order valence-corrected chi connectivity index (χ0v) is 13.7. The predicted octanol–water partition coefficient (Wildman–Crippen LogP) is 2.75. The molecule has 1 aromatic heterocycles. The summed E-state index contributed by atoms with van der Waals surface area (Å²) in [6, 6.07) is 0. The lowest BCUT2D eigenvalue weighted by molar-refractivity contribution is -0.00291.